The van der Waals surface area contributed by atoms with Crippen LogP contribution in [0.1, 0.15) is 12.8 Å². The minimum absolute atomic E-state index is 0.104. The number of piperazine rings is 1. The Morgan fingerprint density at radius 1 is 1.33 bits per heavy atom. The third-order valence-electron chi connectivity index (χ3n) is 3.82. The fourth-order valence-electron chi connectivity index (χ4n) is 2.72. The first kappa shape index (κ1) is 14.3. The van der Waals surface area contributed by atoms with Crippen molar-refractivity contribution in [3.05, 3.63) is 11.2 Å². The van der Waals surface area contributed by atoms with Crippen molar-refractivity contribution in [3.8, 4) is 0 Å². The molecule has 0 spiro atoms. The summed E-state index contributed by atoms with van der Waals surface area (Å²) in [4.78, 5) is 24.2. The zero-order valence-electron chi connectivity index (χ0n) is 11.7. The van der Waals surface area contributed by atoms with Gasteiger partial charge in [0.25, 0.3) is 5.91 Å². The van der Waals surface area contributed by atoms with Crippen LogP contribution in [0.25, 0.3) is 0 Å². The van der Waals surface area contributed by atoms with Crippen LogP contribution in [-0.2, 0) is 9.53 Å². The summed E-state index contributed by atoms with van der Waals surface area (Å²) in [7, 11) is 0. The number of carbonyl (C=O) groups excluding carboxylic acids is 1. The highest BCUT2D eigenvalue weighted by atomic mass is 35.5. The van der Waals surface area contributed by atoms with Crippen molar-refractivity contribution >= 4 is 29.3 Å². The van der Waals surface area contributed by atoms with E-state index < -0.39 is 0 Å². The fraction of sp³-hybridized carbons (Fsp3) is 0.615. The molecule has 2 aliphatic rings. The van der Waals surface area contributed by atoms with Crippen LogP contribution < -0.4 is 10.6 Å². The number of nitrogens with zero attached hydrogens (tertiary/aromatic N) is 4. The number of ether oxygens (including phenoxy) is 1. The molecule has 0 radical (unpaired) electrons. The Balaban J connectivity index is 1.60. The highest BCUT2D eigenvalue weighted by Crippen LogP contribution is 2.20. The molecule has 2 saturated heterocycles. The van der Waals surface area contributed by atoms with E-state index in [9.17, 15) is 4.79 Å². The number of anilines is 2. The molecule has 2 aliphatic heterocycles. The maximum Gasteiger partial charge on any atom is 0.251 e. The molecule has 3 heterocycles. The van der Waals surface area contributed by atoms with Crippen LogP contribution in [0.3, 0.4) is 0 Å². The smallest absolute Gasteiger partial charge is 0.251 e. The second-order valence-electron chi connectivity index (χ2n) is 5.22. The summed E-state index contributed by atoms with van der Waals surface area (Å²) in [5.74, 6) is 0.972. The van der Waals surface area contributed by atoms with Crippen LogP contribution in [0, 0.1) is 0 Å². The van der Waals surface area contributed by atoms with Crippen molar-refractivity contribution in [1.82, 2.24) is 14.9 Å². The largest absolute Gasteiger partial charge is 0.368 e. The Morgan fingerprint density at radius 3 is 2.71 bits per heavy atom. The molecule has 2 N–H and O–H groups in total. The lowest BCUT2D eigenvalue weighted by atomic mass is 10.2. The van der Waals surface area contributed by atoms with Gasteiger partial charge in [-0.15, -0.1) is 0 Å². The second-order valence-corrected chi connectivity index (χ2v) is 5.61. The molecule has 1 unspecified atom stereocenters. The minimum Gasteiger partial charge on any atom is -0.368 e. The quantitative estimate of drug-likeness (QED) is 0.803. The molecule has 0 bridgehead atoms. The van der Waals surface area contributed by atoms with Gasteiger partial charge in [-0.3, -0.25) is 4.79 Å². The lowest BCUT2D eigenvalue weighted by Gasteiger charge is -2.36. The molecule has 1 aromatic rings. The Hall–Kier alpha value is -1.60. The molecule has 114 valence electrons. The molecule has 3 rings (SSSR count). The Labute approximate surface area is 128 Å². The van der Waals surface area contributed by atoms with Crippen molar-refractivity contribution in [2.75, 3.05) is 43.4 Å². The third-order valence-corrected chi connectivity index (χ3v) is 4.01. The van der Waals surface area contributed by atoms with Gasteiger partial charge in [-0.25, -0.2) is 4.98 Å². The summed E-state index contributed by atoms with van der Waals surface area (Å²) < 4.78 is 5.45. The number of amides is 1. The van der Waals surface area contributed by atoms with Crippen molar-refractivity contribution < 1.29 is 9.53 Å². The van der Waals surface area contributed by atoms with Gasteiger partial charge < -0.3 is 20.3 Å². The SMILES string of the molecule is Nc1nc(Cl)cc(N2CCN(C(=O)C3CCCO3)CC2)n1. The van der Waals surface area contributed by atoms with Crippen LogP contribution in [0.4, 0.5) is 11.8 Å². The maximum atomic E-state index is 12.3. The van der Waals surface area contributed by atoms with Crippen LogP contribution in [0.5, 0.6) is 0 Å². The molecular weight excluding hydrogens is 294 g/mol. The van der Waals surface area contributed by atoms with Crippen LogP contribution in [0.2, 0.25) is 5.15 Å². The summed E-state index contributed by atoms with van der Waals surface area (Å²) >= 11 is 5.90. The molecule has 8 heteroatoms. The molecule has 0 saturated carbocycles. The predicted molar refractivity (Wildman–Crippen MR) is 79.2 cm³/mol. The topological polar surface area (TPSA) is 84.6 Å². The van der Waals surface area contributed by atoms with E-state index in [1.807, 2.05) is 4.90 Å². The van der Waals surface area contributed by atoms with Gasteiger partial charge in [0, 0.05) is 38.9 Å². The highest BCUT2D eigenvalue weighted by Gasteiger charge is 2.30. The molecule has 0 aliphatic carbocycles. The summed E-state index contributed by atoms with van der Waals surface area (Å²) in [5.41, 5.74) is 5.61. The first-order valence-corrected chi connectivity index (χ1v) is 7.46. The lowest BCUT2D eigenvalue weighted by molar-refractivity contribution is -0.141. The Kier molecular flexibility index (Phi) is 4.12. The first-order chi connectivity index (χ1) is 10.1. The molecule has 2 fully saturated rings. The first-order valence-electron chi connectivity index (χ1n) is 7.09. The maximum absolute atomic E-state index is 12.3. The molecule has 0 aromatic carbocycles. The van der Waals surface area contributed by atoms with E-state index in [0.29, 0.717) is 43.8 Å². The number of carbonyl (C=O) groups is 1. The van der Waals surface area contributed by atoms with Crippen molar-refractivity contribution in [2.24, 2.45) is 0 Å². The summed E-state index contributed by atoms with van der Waals surface area (Å²) in [6, 6.07) is 1.69. The van der Waals surface area contributed by atoms with Gasteiger partial charge in [0.05, 0.1) is 0 Å². The number of rotatable bonds is 2. The zero-order valence-corrected chi connectivity index (χ0v) is 12.4. The number of hydrogen-bond acceptors (Lipinski definition) is 6. The molecule has 21 heavy (non-hydrogen) atoms. The van der Waals surface area contributed by atoms with Gasteiger partial charge in [-0.1, -0.05) is 11.6 Å². The van der Waals surface area contributed by atoms with E-state index in [4.69, 9.17) is 22.1 Å². The van der Waals surface area contributed by atoms with Gasteiger partial charge in [-0.05, 0) is 12.8 Å². The molecule has 1 atom stereocenters. The molecular formula is C13H18ClN5O2. The number of aromatic nitrogens is 2. The second kappa shape index (κ2) is 6.03. The van der Waals surface area contributed by atoms with E-state index in [1.165, 1.54) is 0 Å². The monoisotopic (exact) mass is 311 g/mol. The summed E-state index contributed by atoms with van der Waals surface area (Å²) in [6.07, 6.45) is 1.55. The molecule has 1 aromatic heterocycles. The zero-order chi connectivity index (χ0) is 14.8. The van der Waals surface area contributed by atoms with Crippen molar-refractivity contribution in [2.45, 2.75) is 18.9 Å². The average Bonchev–Trinajstić information content (AvgIpc) is 3.00. The number of nitrogen functional groups attached to an aromatic ring is 1. The lowest BCUT2D eigenvalue weighted by Crippen LogP contribution is -2.51. The van der Waals surface area contributed by atoms with Gasteiger partial charge in [0.1, 0.15) is 17.1 Å². The third kappa shape index (κ3) is 3.19. The normalized spacial score (nSPS) is 22.6. The standard InChI is InChI=1S/C13H18ClN5O2/c14-10-8-11(17-13(15)16-10)18-3-5-19(6-4-18)12(20)9-2-1-7-21-9/h8-9H,1-7H2,(H2,15,16,17). The van der Waals surface area contributed by atoms with Crippen LogP contribution in [-0.4, -0.2) is 59.7 Å². The van der Waals surface area contributed by atoms with Crippen molar-refractivity contribution in [1.29, 1.82) is 0 Å². The number of hydrogen-bond donors (Lipinski definition) is 1. The predicted octanol–water partition coefficient (Wildman–Crippen LogP) is 0.540. The highest BCUT2D eigenvalue weighted by molar-refractivity contribution is 6.29. The van der Waals surface area contributed by atoms with E-state index in [2.05, 4.69) is 14.9 Å². The van der Waals surface area contributed by atoms with Crippen LogP contribution >= 0.6 is 11.6 Å². The Morgan fingerprint density at radius 2 is 2.10 bits per heavy atom. The fourth-order valence-corrected chi connectivity index (χ4v) is 2.90. The number of nitrogens with two attached hydrogens (primary N) is 1. The van der Waals surface area contributed by atoms with Crippen LogP contribution in [0.15, 0.2) is 6.07 Å². The molecule has 1 amide bonds. The van der Waals surface area contributed by atoms with Gasteiger partial charge in [0.15, 0.2) is 0 Å². The number of halogens is 1. The molecule has 7 nitrogen and oxygen atoms in total. The van der Waals surface area contributed by atoms with E-state index in [0.717, 1.165) is 12.8 Å². The minimum atomic E-state index is -0.249. The van der Waals surface area contributed by atoms with E-state index in [-0.39, 0.29) is 18.0 Å². The van der Waals surface area contributed by atoms with Crippen molar-refractivity contribution in [3.63, 3.8) is 0 Å². The van der Waals surface area contributed by atoms with Gasteiger partial charge in [-0.2, -0.15) is 4.98 Å². The Bertz CT molecular complexity index is 507. The van der Waals surface area contributed by atoms with Gasteiger partial charge >= 0.3 is 0 Å². The van der Waals surface area contributed by atoms with E-state index >= 15 is 0 Å². The average molecular weight is 312 g/mol. The summed E-state index contributed by atoms with van der Waals surface area (Å²) in [5, 5.41) is 0.329. The summed E-state index contributed by atoms with van der Waals surface area (Å²) in [6.45, 7) is 3.39. The van der Waals surface area contributed by atoms with E-state index in [1.54, 1.807) is 6.07 Å². The van der Waals surface area contributed by atoms with Gasteiger partial charge in [0.2, 0.25) is 5.95 Å².